The third-order valence-electron chi connectivity index (χ3n) is 10.1. The lowest BCUT2D eigenvalue weighted by Crippen LogP contribution is -2.50. The maximum atomic E-state index is 8.51. The zero-order chi connectivity index (χ0) is 31.6. The number of hydrogen-bond donors (Lipinski definition) is 3. The summed E-state index contributed by atoms with van der Waals surface area (Å²) in [5.41, 5.74) is 9.66. The lowest BCUT2D eigenvalue weighted by molar-refractivity contribution is 0.248. The van der Waals surface area contributed by atoms with Gasteiger partial charge in [0, 0.05) is 53.9 Å². The third-order valence-corrected chi connectivity index (χ3v) is 10.3. The quantitative estimate of drug-likeness (QED) is 0.153. The molecule has 1 aliphatic heterocycles. The van der Waals surface area contributed by atoms with Gasteiger partial charge in [-0.3, -0.25) is 0 Å². The van der Waals surface area contributed by atoms with Crippen molar-refractivity contribution in [1.82, 2.24) is 10.2 Å². The van der Waals surface area contributed by atoms with Gasteiger partial charge >= 0.3 is 0 Å². The van der Waals surface area contributed by atoms with Crippen molar-refractivity contribution in [2.45, 2.75) is 91.0 Å². The van der Waals surface area contributed by atoms with Gasteiger partial charge in [0.2, 0.25) is 0 Å². The molecule has 240 valence electrons. The molecule has 0 amide bonds. The van der Waals surface area contributed by atoms with Gasteiger partial charge in [0.15, 0.2) is 0 Å². The van der Waals surface area contributed by atoms with Crippen molar-refractivity contribution in [2.24, 2.45) is 11.3 Å². The second kappa shape index (κ2) is 16.0. The smallest absolute Gasteiger partial charge is 0.0602 e. The second-order valence-corrected chi connectivity index (χ2v) is 13.7. The Kier molecular flexibility index (Phi) is 11.8. The molecule has 1 unspecified atom stereocenters. The average Bonchev–Trinajstić information content (AvgIpc) is 3.93. The molecule has 6 rings (SSSR count). The molecule has 0 aromatic heterocycles. The number of rotatable bonds is 13. The predicted molar refractivity (Wildman–Crippen MR) is 194 cm³/mol. The monoisotopic (exact) mass is 624 g/mol. The molecular formula is C40H53ClN4. The van der Waals surface area contributed by atoms with Crippen molar-refractivity contribution in [1.29, 1.82) is 5.41 Å². The summed E-state index contributed by atoms with van der Waals surface area (Å²) in [6.07, 6.45) is 20.7. The first-order chi connectivity index (χ1) is 22.0. The predicted octanol–water partition coefficient (Wildman–Crippen LogP) is 10.4. The molecule has 0 spiro atoms. The fraction of sp³-hybridized carbons (Fsp3) is 0.475. The third kappa shape index (κ3) is 9.47. The van der Waals surface area contributed by atoms with Crippen LogP contribution in [0.4, 0.5) is 5.69 Å². The Morgan fingerprint density at radius 3 is 2.40 bits per heavy atom. The molecule has 45 heavy (non-hydrogen) atoms. The highest BCUT2D eigenvalue weighted by Gasteiger charge is 2.38. The van der Waals surface area contributed by atoms with E-state index in [1.807, 2.05) is 18.2 Å². The van der Waals surface area contributed by atoms with Crippen LogP contribution in [0.2, 0.25) is 5.02 Å². The van der Waals surface area contributed by atoms with E-state index in [0.29, 0.717) is 12.0 Å². The van der Waals surface area contributed by atoms with Crippen molar-refractivity contribution in [2.75, 3.05) is 25.0 Å². The van der Waals surface area contributed by atoms with Gasteiger partial charge in [-0.2, -0.15) is 0 Å². The van der Waals surface area contributed by atoms with Crippen LogP contribution in [0.25, 0.3) is 5.57 Å². The van der Waals surface area contributed by atoms with E-state index in [1.54, 1.807) is 6.21 Å². The van der Waals surface area contributed by atoms with Crippen LogP contribution < -0.4 is 10.6 Å². The van der Waals surface area contributed by atoms with E-state index in [-0.39, 0.29) is 0 Å². The number of piperazine rings is 1. The normalized spacial score (nSPS) is 21.1. The van der Waals surface area contributed by atoms with Gasteiger partial charge in [-0.1, -0.05) is 92.9 Å². The molecule has 1 atom stereocenters. The van der Waals surface area contributed by atoms with Gasteiger partial charge in [0.05, 0.1) is 5.70 Å². The molecule has 3 aliphatic carbocycles. The first kappa shape index (κ1) is 33.3. The number of nitrogens with one attached hydrogen (secondary N) is 3. The Bertz CT molecular complexity index is 1400. The number of halogens is 1. The SMILES string of the molecule is CC=C/C=C(/CCC1CN(/C(C=N)=C(/C(Nc2cccc(Cl)c2)=C2CC2)C2CC2)CCN1)c1ccccc1.CCC1(CC)CC1. The lowest BCUT2D eigenvalue weighted by atomic mass is 9.96. The Hall–Kier alpha value is -3.08. The standard InChI is InChI=1S/C33H39ClN4.C7H14/c1-2-3-8-25(24-9-5-4-6-10-24)17-18-30-23-38(20-19-36-30)31(22-35)32(26-13-14-26)33(27-15-16-27)37-29-12-7-11-28(34)21-29;1-3-7(4-2)5-6-7/h2-12,21-22,26,30,35-37H,13-20,23H2,1H3;3-6H2,1-2H3/b3-2?,25-8-,32-31+,35-22?;. The Labute approximate surface area is 277 Å². The first-order valence-corrected chi connectivity index (χ1v) is 17.7. The van der Waals surface area contributed by atoms with Crippen LogP contribution in [0.5, 0.6) is 0 Å². The van der Waals surface area contributed by atoms with Crippen LogP contribution in [0, 0.1) is 16.7 Å². The summed E-state index contributed by atoms with van der Waals surface area (Å²) in [7, 11) is 0. The van der Waals surface area contributed by atoms with E-state index < -0.39 is 0 Å². The zero-order valence-corrected chi connectivity index (χ0v) is 28.4. The summed E-state index contributed by atoms with van der Waals surface area (Å²) in [6.45, 7) is 9.46. The van der Waals surface area contributed by atoms with Crippen LogP contribution in [-0.2, 0) is 0 Å². The topological polar surface area (TPSA) is 51.2 Å². The molecule has 5 heteroatoms. The molecule has 0 radical (unpaired) electrons. The number of allylic oxidation sites excluding steroid dienone is 7. The highest BCUT2D eigenvalue weighted by atomic mass is 35.5. The van der Waals surface area contributed by atoms with Gasteiger partial charge in [0.25, 0.3) is 0 Å². The van der Waals surface area contributed by atoms with Crippen LogP contribution in [0.3, 0.4) is 0 Å². The van der Waals surface area contributed by atoms with E-state index in [2.05, 4.69) is 90.9 Å². The van der Waals surface area contributed by atoms with Crippen LogP contribution >= 0.6 is 11.6 Å². The molecular weight excluding hydrogens is 572 g/mol. The van der Waals surface area contributed by atoms with E-state index in [4.69, 9.17) is 17.0 Å². The van der Waals surface area contributed by atoms with Crippen molar-refractivity contribution in [3.63, 3.8) is 0 Å². The van der Waals surface area contributed by atoms with Crippen molar-refractivity contribution < 1.29 is 0 Å². The fourth-order valence-electron chi connectivity index (χ4n) is 6.51. The van der Waals surface area contributed by atoms with Crippen molar-refractivity contribution in [3.8, 4) is 0 Å². The summed E-state index contributed by atoms with van der Waals surface area (Å²) in [6, 6.07) is 19.1. The van der Waals surface area contributed by atoms with Crippen molar-refractivity contribution >= 4 is 29.1 Å². The molecule has 1 saturated heterocycles. The summed E-state index contributed by atoms with van der Waals surface area (Å²) in [5, 5.41) is 16.7. The van der Waals surface area contributed by atoms with Gasteiger partial charge in [-0.25, -0.2) is 0 Å². The van der Waals surface area contributed by atoms with Crippen LogP contribution in [-0.4, -0.2) is 36.8 Å². The Balaban J connectivity index is 0.000000505. The molecule has 3 N–H and O–H groups in total. The number of benzene rings is 2. The summed E-state index contributed by atoms with van der Waals surface area (Å²) < 4.78 is 0. The molecule has 4 aliphatic rings. The summed E-state index contributed by atoms with van der Waals surface area (Å²) >= 11 is 6.30. The molecule has 2 aromatic rings. The molecule has 2 aromatic carbocycles. The maximum absolute atomic E-state index is 8.51. The Morgan fingerprint density at radius 2 is 1.82 bits per heavy atom. The minimum absolute atomic E-state index is 0.384. The fourth-order valence-corrected chi connectivity index (χ4v) is 6.70. The lowest BCUT2D eigenvalue weighted by Gasteiger charge is -2.37. The average molecular weight is 625 g/mol. The molecule has 1 heterocycles. The summed E-state index contributed by atoms with van der Waals surface area (Å²) in [5.74, 6) is 0.531. The molecule has 0 bridgehead atoms. The maximum Gasteiger partial charge on any atom is 0.0602 e. The summed E-state index contributed by atoms with van der Waals surface area (Å²) in [4.78, 5) is 2.46. The van der Waals surface area contributed by atoms with Crippen molar-refractivity contribution in [3.05, 3.63) is 106 Å². The molecule has 3 saturated carbocycles. The number of hydrogen-bond acceptors (Lipinski definition) is 4. The number of nitrogens with zero attached hydrogens (tertiary/aromatic N) is 1. The minimum atomic E-state index is 0.384. The van der Waals surface area contributed by atoms with Crippen LogP contribution in [0.1, 0.15) is 90.5 Å². The molecule has 4 nitrogen and oxygen atoms in total. The van der Waals surface area contributed by atoms with Gasteiger partial charge < -0.3 is 20.9 Å². The zero-order valence-electron chi connectivity index (χ0n) is 27.7. The second-order valence-electron chi connectivity index (χ2n) is 13.3. The van der Waals surface area contributed by atoms with Crippen LogP contribution in [0.15, 0.2) is 95.4 Å². The Morgan fingerprint density at radius 1 is 1.07 bits per heavy atom. The van der Waals surface area contributed by atoms with E-state index >= 15 is 0 Å². The first-order valence-electron chi connectivity index (χ1n) is 17.3. The highest BCUT2D eigenvalue weighted by molar-refractivity contribution is 6.30. The van der Waals surface area contributed by atoms with E-state index in [1.165, 1.54) is 66.5 Å². The van der Waals surface area contributed by atoms with E-state index in [0.717, 1.165) is 67.1 Å². The van der Waals surface area contributed by atoms with Gasteiger partial charge in [0.1, 0.15) is 0 Å². The minimum Gasteiger partial charge on any atom is -0.367 e. The van der Waals surface area contributed by atoms with Gasteiger partial charge in [-0.15, -0.1) is 0 Å². The van der Waals surface area contributed by atoms with Gasteiger partial charge in [-0.05, 0) is 105 Å². The highest BCUT2D eigenvalue weighted by Crippen LogP contribution is 2.51. The number of anilines is 1. The molecule has 4 fully saturated rings. The van der Waals surface area contributed by atoms with E-state index in [9.17, 15) is 0 Å². The largest absolute Gasteiger partial charge is 0.367 e.